The van der Waals surface area contributed by atoms with Crippen molar-refractivity contribution >= 4 is 5.91 Å². The first-order valence-electron chi connectivity index (χ1n) is 7.18. The number of hydrogen-bond acceptors (Lipinski definition) is 2. The van der Waals surface area contributed by atoms with E-state index in [0.717, 1.165) is 19.5 Å². The molecule has 2 unspecified atom stereocenters. The minimum atomic E-state index is 0.222. The normalized spacial score (nSPS) is 20.9. The highest BCUT2D eigenvalue weighted by atomic mass is 16.2. The lowest BCUT2D eigenvalue weighted by Crippen LogP contribution is -2.34. The fourth-order valence-corrected chi connectivity index (χ4v) is 2.72. The van der Waals surface area contributed by atoms with Gasteiger partial charge >= 0.3 is 0 Å². The van der Waals surface area contributed by atoms with E-state index < -0.39 is 0 Å². The first-order valence-corrected chi connectivity index (χ1v) is 7.18. The Labute approximate surface area is 116 Å². The monoisotopic (exact) mass is 260 g/mol. The topological polar surface area (TPSA) is 32.3 Å². The van der Waals surface area contributed by atoms with E-state index >= 15 is 0 Å². The molecule has 0 radical (unpaired) electrons. The molecule has 1 aromatic carbocycles. The van der Waals surface area contributed by atoms with Gasteiger partial charge < -0.3 is 10.2 Å². The number of likely N-dealkylation sites (tertiary alicyclic amines) is 1. The van der Waals surface area contributed by atoms with Crippen LogP contribution in [0.1, 0.15) is 37.4 Å². The van der Waals surface area contributed by atoms with Gasteiger partial charge in [-0.2, -0.15) is 0 Å². The molecule has 3 nitrogen and oxygen atoms in total. The van der Waals surface area contributed by atoms with Crippen LogP contribution in [0.3, 0.4) is 0 Å². The van der Waals surface area contributed by atoms with Gasteiger partial charge in [-0.25, -0.2) is 0 Å². The van der Waals surface area contributed by atoms with E-state index in [1.807, 2.05) is 11.9 Å². The molecule has 0 saturated carbocycles. The zero-order valence-electron chi connectivity index (χ0n) is 12.1. The van der Waals surface area contributed by atoms with Gasteiger partial charge in [0.2, 0.25) is 5.91 Å². The molecular weight excluding hydrogens is 236 g/mol. The van der Waals surface area contributed by atoms with Gasteiger partial charge in [-0.3, -0.25) is 4.79 Å². The maximum Gasteiger partial charge on any atom is 0.222 e. The predicted molar refractivity (Wildman–Crippen MR) is 78.0 cm³/mol. The highest BCUT2D eigenvalue weighted by Crippen LogP contribution is 2.21. The molecule has 104 valence electrons. The third kappa shape index (κ3) is 3.35. The van der Waals surface area contributed by atoms with Crippen LogP contribution in [-0.2, 0) is 11.2 Å². The molecule has 2 atom stereocenters. The standard InChI is InChI=1S/C16H24N2O/c1-4-13-5-7-14(8-6-13)15(17-3)11-18-10-12(2)9-16(18)19/h5-8,12,15,17H,4,9-11H2,1-3H3. The third-order valence-corrected chi connectivity index (χ3v) is 3.95. The second-order valence-electron chi connectivity index (χ2n) is 5.54. The molecule has 1 aliphatic rings. The first kappa shape index (κ1) is 14.1. The number of benzene rings is 1. The number of amides is 1. The molecule has 0 aliphatic carbocycles. The number of hydrogen-bond donors (Lipinski definition) is 1. The van der Waals surface area contributed by atoms with Gasteiger partial charge in [0.1, 0.15) is 0 Å². The quantitative estimate of drug-likeness (QED) is 0.881. The molecule has 19 heavy (non-hydrogen) atoms. The van der Waals surface area contributed by atoms with Crippen LogP contribution in [0.15, 0.2) is 24.3 Å². The number of nitrogens with zero attached hydrogens (tertiary/aromatic N) is 1. The molecule has 1 aromatic rings. The molecule has 2 rings (SSSR count). The summed E-state index contributed by atoms with van der Waals surface area (Å²) in [5.74, 6) is 0.783. The van der Waals surface area contributed by atoms with E-state index in [2.05, 4.69) is 43.4 Å². The minimum absolute atomic E-state index is 0.222. The fourth-order valence-electron chi connectivity index (χ4n) is 2.72. The zero-order chi connectivity index (χ0) is 13.8. The summed E-state index contributed by atoms with van der Waals surface area (Å²) in [4.78, 5) is 13.9. The Bertz CT molecular complexity index is 427. The Kier molecular flexibility index (Phi) is 4.59. The maximum absolute atomic E-state index is 11.9. The SMILES string of the molecule is CCc1ccc(C(CN2CC(C)CC2=O)NC)cc1. The van der Waals surface area contributed by atoms with Gasteiger partial charge in [-0.1, -0.05) is 38.1 Å². The zero-order valence-corrected chi connectivity index (χ0v) is 12.1. The Morgan fingerprint density at radius 2 is 2.05 bits per heavy atom. The largest absolute Gasteiger partial charge is 0.340 e. The Hall–Kier alpha value is -1.35. The van der Waals surface area contributed by atoms with E-state index in [1.54, 1.807) is 0 Å². The number of nitrogens with one attached hydrogen (secondary N) is 1. The van der Waals surface area contributed by atoms with Gasteiger partial charge in [0.25, 0.3) is 0 Å². The summed E-state index contributed by atoms with van der Waals surface area (Å²) in [5, 5.41) is 3.32. The molecule has 0 spiro atoms. The van der Waals surface area contributed by atoms with Crippen molar-refractivity contribution in [2.24, 2.45) is 5.92 Å². The summed E-state index contributed by atoms with van der Waals surface area (Å²) >= 11 is 0. The van der Waals surface area contributed by atoms with Crippen molar-refractivity contribution in [2.75, 3.05) is 20.1 Å². The summed E-state index contributed by atoms with van der Waals surface area (Å²) in [5.41, 5.74) is 2.61. The average molecular weight is 260 g/mol. The molecule has 1 aliphatic heterocycles. The van der Waals surface area contributed by atoms with Crippen LogP contribution in [0.25, 0.3) is 0 Å². The number of likely N-dealkylation sites (N-methyl/N-ethyl adjacent to an activating group) is 1. The van der Waals surface area contributed by atoms with E-state index in [0.29, 0.717) is 12.3 Å². The summed E-state index contributed by atoms with van der Waals surface area (Å²) in [7, 11) is 1.96. The van der Waals surface area contributed by atoms with Crippen molar-refractivity contribution in [3.63, 3.8) is 0 Å². The highest BCUT2D eigenvalue weighted by molar-refractivity contribution is 5.78. The molecule has 0 aromatic heterocycles. The van der Waals surface area contributed by atoms with Crippen molar-refractivity contribution in [2.45, 2.75) is 32.7 Å². The predicted octanol–water partition coefficient (Wildman–Crippen LogP) is 2.38. The molecule has 1 saturated heterocycles. The number of carbonyl (C=O) groups is 1. The lowest BCUT2D eigenvalue weighted by atomic mass is 10.0. The summed E-state index contributed by atoms with van der Waals surface area (Å²) in [6.45, 7) is 5.96. The van der Waals surface area contributed by atoms with Gasteiger partial charge in [0.05, 0.1) is 0 Å². The summed E-state index contributed by atoms with van der Waals surface area (Å²) < 4.78 is 0. The van der Waals surface area contributed by atoms with Crippen LogP contribution in [0.4, 0.5) is 0 Å². The molecule has 3 heteroatoms. The molecule has 1 heterocycles. The average Bonchev–Trinajstić information content (AvgIpc) is 2.74. The third-order valence-electron chi connectivity index (χ3n) is 3.95. The number of carbonyl (C=O) groups excluding carboxylic acids is 1. The van der Waals surface area contributed by atoms with Crippen LogP contribution < -0.4 is 5.32 Å². The Morgan fingerprint density at radius 1 is 1.37 bits per heavy atom. The second kappa shape index (κ2) is 6.20. The van der Waals surface area contributed by atoms with Crippen LogP contribution in [0, 0.1) is 5.92 Å². The van der Waals surface area contributed by atoms with Crippen molar-refractivity contribution < 1.29 is 4.79 Å². The van der Waals surface area contributed by atoms with Crippen LogP contribution in [0.5, 0.6) is 0 Å². The molecule has 0 bridgehead atoms. The maximum atomic E-state index is 11.9. The van der Waals surface area contributed by atoms with Gasteiger partial charge in [0.15, 0.2) is 0 Å². The van der Waals surface area contributed by atoms with Crippen molar-refractivity contribution in [3.05, 3.63) is 35.4 Å². The van der Waals surface area contributed by atoms with E-state index in [9.17, 15) is 4.79 Å². The lowest BCUT2D eigenvalue weighted by molar-refractivity contribution is -0.128. The minimum Gasteiger partial charge on any atom is -0.340 e. The molecular formula is C16H24N2O. The van der Waals surface area contributed by atoms with Crippen molar-refractivity contribution in [3.8, 4) is 0 Å². The van der Waals surface area contributed by atoms with Crippen LogP contribution in [0.2, 0.25) is 0 Å². The van der Waals surface area contributed by atoms with E-state index in [-0.39, 0.29) is 11.9 Å². The number of rotatable bonds is 5. The first-order chi connectivity index (χ1) is 9.13. The van der Waals surface area contributed by atoms with Crippen molar-refractivity contribution in [1.82, 2.24) is 10.2 Å². The van der Waals surface area contributed by atoms with Crippen LogP contribution in [-0.4, -0.2) is 30.9 Å². The highest BCUT2D eigenvalue weighted by Gasteiger charge is 2.28. The molecule has 1 N–H and O–H groups in total. The summed E-state index contributed by atoms with van der Waals surface area (Å²) in [6.07, 6.45) is 1.76. The lowest BCUT2D eigenvalue weighted by Gasteiger charge is -2.24. The van der Waals surface area contributed by atoms with E-state index in [4.69, 9.17) is 0 Å². The molecule has 1 fully saturated rings. The van der Waals surface area contributed by atoms with Crippen molar-refractivity contribution in [1.29, 1.82) is 0 Å². The van der Waals surface area contributed by atoms with Gasteiger partial charge in [-0.15, -0.1) is 0 Å². The summed E-state index contributed by atoms with van der Waals surface area (Å²) in [6, 6.07) is 8.91. The van der Waals surface area contributed by atoms with Gasteiger partial charge in [0, 0.05) is 25.6 Å². The fraction of sp³-hybridized carbons (Fsp3) is 0.562. The van der Waals surface area contributed by atoms with E-state index in [1.165, 1.54) is 11.1 Å². The second-order valence-corrected chi connectivity index (χ2v) is 5.54. The van der Waals surface area contributed by atoms with Gasteiger partial charge in [-0.05, 0) is 30.5 Å². The number of aryl methyl sites for hydroxylation is 1. The Balaban J connectivity index is 2.05. The smallest absolute Gasteiger partial charge is 0.222 e. The molecule has 1 amide bonds. The van der Waals surface area contributed by atoms with Crippen LogP contribution >= 0.6 is 0 Å². The Morgan fingerprint density at radius 3 is 2.53 bits per heavy atom.